The van der Waals surface area contributed by atoms with Crippen LogP contribution in [0.5, 0.6) is 0 Å². The molecule has 0 aliphatic rings. The van der Waals surface area contributed by atoms with Gasteiger partial charge in [-0.05, 0) is 35.7 Å². The lowest BCUT2D eigenvalue weighted by molar-refractivity contribution is -0.119. The zero-order chi connectivity index (χ0) is 8.97. The molecule has 1 aromatic rings. The molecule has 0 aliphatic heterocycles. The normalized spacial score (nSPS) is 12.5. The molecule has 1 aromatic heterocycles. The van der Waals surface area contributed by atoms with Crippen molar-refractivity contribution in [1.29, 1.82) is 0 Å². The highest BCUT2D eigenvalue weighted by Gasteiger charge is 2.03. The Morgan fingerprint density at radius 1 is 1.75 bits per heavy atom. The van der Waals surface area contributed by atoms with Gasteiger partial charge in [-0.25, -0.2) is 0 Å². The summed E-state index contributed by atoms with van der Waals surface area (Å²) in [6.07, 6.45) is 0.920. The van der Waals surface area contributed by atoms with Gasteiger partial charge < -0.3 is 5.32 Å². The summed E-state index contributed by atoms with van der Waals surface area (Å²) in [5, 5.41) is 7.01. The lowest BCUT2D eigenvalue weighted by Gasteiger charge is -2.10. The Morgan fingerprint density at radius 3 is 3.00 bits per heavy atom. The summed E-state index contributed by atoms with van der Waals surface area (Å²) in [7, 11) is 0. The lowest BCUT2D eigenvalue weighted by atomic mass is 10.1. The summed E-state index contributed by atoms with van der Waals surface area (Å²) in [6, 6.07) is 2.32. The number of hydrogen-bond donors (Lipinski definition) is 1. The quantitative estimate of drug-likeness (QED) is 0.761. The van der Waals surface area contributed by atoms with Crippen LogP contribution >= 0.6 is 11.3 Å². The molecular formula is C9H13NOS. The molecule has 0 fully saturated rings. The van der Waals surface area contributed by atoms with Crippen LogP contribution < -0.4 is 5.32 Å². The molecule has 12 heavy (non-hydrogen) atoms. The predicted molar refractivity (Wildman–Crippen MR) is 51.3 cm³/mol. The van der Waals surface area contributed by atoms with Gasteiger partial charge in [0.05, 0.1) is 0 Å². The van der Waals surface area contributed by atoms with Crippen molar-refractivity contribution in [3.05, 3.63) is 22.4 Å². The largest absolute Gasteiger partial charge is 0.354 e. The van der Waals surface area contributed by atoms with Crippen LogP contribution in [0.15, 0.2) is 16.8 Å². The number of nitrogens with one attached hydrogen (secondary N) is 1. The van der Waals surface area contributed by atoms with Gasteiger partial charge >= 0.3 is 0 Å². The zero-order valence-corrected chi connectivity index (χ0v) is 8.15. The predicted octanol–water partition coefficient (Wildman–Crippen LogP) is 1.82. The minimum Gasteiger partial charge on any atom is -0.354 e. The highest BCUT2D eigenvalue weighted by atomic mass is 32.1. The van der Waals surface area contributed by atoms with Crippen molar-refractivity contribution in [2.24, 2.45) is 0 Å². The third-order valence-corrected chi connectivity index (χ3v) is 2.30. The van der Waals surface area contributed by atoms with Crippen LogP contribution in [0.2, 0.25) is 0 Å². The fraction of sp³-hybridized carbons (Fsp3) is 0.444. The Balaban J connectivity index is 2.36. The summed E-state index contributed by atoms with van der Waals surface area (Å²) >= 11 is 1.69. The van der Waals surface area contributed by atoms with Crippen molar-refractivity contribution >= 4 is 17.2 Å². The van der Waals surface area contributed by atoms with E-state index >= 15 is 0 Å². The molecule has 0 saturated carbocycles. The van der Waals surface area contributed by atoms with Gasteiger partial charge in [0.2, 0.25) is 5.91 Å². The number of thiophene rings is 1. The third kappa shape index (κ3) is 3.05. The fourth-order valence-electron chi connectivity index (χ4n) is 1.16. The number of amides is 1. The first-order valence-corrected chi connectivity index (χ1v) is 4.91. The summed E-state index contributed by atoms with van der Waals surface area (Å²) < 4.78 is 0. The molecule has 66 valence electrons. The Labute approximate surface area is 76.6 Å². The van der Waals surface area contributed by atoms with Crippen LogP contribution in [0.3, 0.4) is 0 Å². The van der Waals surface area contributed by atoms with Crippen molar-refractivity contribution in [2.45, 2.75) is 26.3 Å². The second-order valence-corrected chi connectivity index (χ2v) is 3.72. The second-order valence-electron chi connectivity index (χ2n) is 2.94. The SMILES string of the molecule is CC(=O)N[C@H](C)Cc1ccsc1. The van der Waals surface area contributed by atoms with Crippen molar-refractivity contribution in [1.82, 2.24) is 5.32 Å². The van der Waals surface area contributed by atoms with Gasteiger partial charge in [0.15, 0.2) is 0 Å². The molecule has 1 N–H and O–H groups in total. The zero-order valence-electron chi connectivity index (χ0n) is 7.33. The summed E-state index contributed by atoms with van der Waals surface area (Å²) in [5.74, 6) is 0.0396. The first-order valence-electron chi connectivity index (χ1n) is 3.96. The van der Waals surface area contributed by atoms with Gasteiger partial charge in [-0.3, -0.25) is 4.79 Å². The van der Waals surface area contributed by atoms with E-state index in [1.54, 1.807) is 18.3 Å². The molecule has 0 saturated heterocycles. The minimum atomic E-state index is 0.0396. The minimum absolute atomic E-state index is 0.0396. The molecule has 1 atom stereocenters. The van der Waals surface area contributed by atoms with Gasteiger partial charge in [0.25, 0.3) is 0 Å². The van der Waals surface area contributed by atoms with Crippen molar-refractivity contribution < 1.29 is 4.79 Å². The van der Waals surface area contributed by atoms with E-state index in [9.17, 15) is 4.79 Å². The fourth-order valence-corrected chi connectivity index (χ4v) is 1.84. The van der Waals surface area contributed by atoms with Crippen molar-refractivity contribution in [3.63, 3.8) is 0 Å². The Bertz CT molecular complexity index is 243. The smallest absolute Gasteiger partial charge is 0.217 e. The Morgan fingerprint density at radius 2 is 2.50 bits per heavy atom. The summed E-state index contributed by atoms with van der Waals surface area (Å²) in [5.41, 5.74) is 1.29. The maximum atomic E-state index is 10.7. The highest BCUT2D eigenvalue weighted by molar-refractivity contribution is 7.07. The average Bonchev–Trinajstić information content (AvgIpc) is 2.37. The van der Waals surface area contributed by atoms with E-state index in [-0.39, 0.29) is 11.9 Å². The Kier molecular flexibility index (Phi) is 3.29. The molecule has 0 unspecified atom stereocenters. The van der Waals surface area contributed by atoms with E-state index in [0.717, 1.165) is 6.42 Å². The van der Waals surface area contributed by atoms with Gasteiger partial charge in [0, 0.05) is 13.0 Å². The number of hydrogen-bond acceptors (Lipinski definition) is 2. The standard InChI is InChI=1S/C9H13NOS/c1-7(10-8(2)11)5-9-3-4-12-6-9/h3-4,6-7H,5H2,1-2H3,(H,10,11)/t7-/m1/s1. The van der Waals surface area contributed by atoms with Crippen LogP contribution in [0.4, 0.5) is 0 Å². The first-order chi connectivity index (χ1) is 5.68. The molecule has 2 nitrogen and oxygen atoms in total. The van der Waals surface area contributed by atoms with Crippen LogP contribution in [-0.2, 0) is 11.2 Å². The van der Waals surface area contributed by atoms with Gasteiger partial charge in [-0.1, -0.05) is 0 Å². The first kappa shape index (κ1) is 9.26. The molecule has 0 bridgehead atoms. The molecule has 3 heteroatoms. The van der Waals surface area contributed by atoms with Crippen LogP contribution in [0, 0.1) is 0 Å². The van der Waals surface area contributed by atoms with E-state index in [1.807, 2.05) is 6.92 Å². The third-order valence-electron chi connectivity index (χ3n) is 1.57. The monoisotopic (exact) mass is 183 g/mol. The van der Waals surface area contributed by atoms with E-state index in [1.165, 1.54) is 5.56 Å². The Hall–Kier alpha value is -0.830. The molecule has 0 spiro atoms. The van der Waals surface area contributed by atoms with E-state index in [4.69, 9.17) is 0 Å². The summed E-state index contributed by atoms with van der Waals surface area (Å²) in [6.45, 7) is 3.56. The van der Waals surface area contributed by atoms with Crippen LogP contribution in [0.1, 0.15) is 19.4 Å². The molecule has 1 amide bonds. The van der Waals surface area contributed by atoms with Gasteiger partial charge in [-0.2, -0.15) is 11.3 Å². The van der Waals surface area contributed by atoms with E-state index < -0.39 is 0 Å². The molecule has 0 radical (unpaired) electrons. The number of rotatable bonds is 3. The van der Waals surface area contributed by atoms with Crippen molar-refractivity contribution in [3.8, 4) is 0 Å². The van der Waals surface area contributed by atoms with Gasteiger partial charge in [-0.15, -0.1) is 0 Å². The lowest BCUT2D eigenvalue weighted by Crippen LogP contribution is -2.31. The second kappa shape index (κ2) is 4.26. The highest BCUT2D eigenvalue weighted by Crippen LogP contribution is 2.08. The maximum absolute atomic E-state index is 10.7. The topological polar surface area (TPSA) is 29.1 Å². The number of carbonyl (C=O) groups excluding carboxylic acids is 1. The van der Waals surface area contributed by atoms with Crippen molar-refractivity contribution in [2.75, 3.05) is 0 Å². The maximum Gasteiger partial charge on any atom is 0.217 e. The average molecular weight is 183 g/mol. The van der Waals surface area contributed by atoms with Crippen LogP contribution in [-0.4, -0.2) is 11.9 Å². The molecule has 1 rings (SSSR count). The van der Waals surface area contributed by atoms with Crippen LogP contribution in [0.25, 0.3) is 0 Å². The van der Waals surface area contributed by atoms with E-state index in [0.29, 0.717) is 0 Å². The van der Waals surface area contributed by atoms with Gasteiger partial charge in [0.1, 0.15) is 0 Å². The summed E-state index contributed by atoms with van der Waals surface area (Å²) in [4.78, 5) is 10.7. The molecule has 0 aromatic carbocycles. The molecule has 1 heterocycles. The van der Waals surface area contributed by atoms with E-state index in [2.05, 4.69) is 22.1 Å². The molecular weight excluding hydrogens is 170 g/mol. The number of carbonyl (C=O) groups is 1. The molecule has 0 aliphatic carbocycles.